The second kappa shape index (κ2) is 10.5. The minimum absolute atomic E-state index is 0.148. The Hall–Kier alpha value is -2.53. The maximum absolute atomic E-state index is 12.5. The van der Waals surface area contributed by atoms with Gasteiger partial charge in [0.25, 0.3) is 11.1 Å². The van der Waals surface area contributed by atoms with Gasteiger partial charge in [0.2, 0.25) is 0 Å². The summed E-state index contributed by atoms with van der Waals surface area (Å²) in [5.41, 5.74) is 0.541. The topological polar surface area (TPSA) is 108 Å². The highest BCUT2D eigenvalue weighted by molar-refractivity contribution is 9.10. The first-order valence-electron chi connectivity index (χ1n) is 8.68. The van der Waals surface area contributed by atoms with Gasteiger partial charge in [-0.05, 0) is 65.3 Å². The minimum atomic E-state index is -0.662. The molecular weight excluding hydrogens is 482 g/mol. The van der Waals surface area contributed by atoms with E-state index in [1.165, 1.54) is 20.3 Å². The maximum atomic E-state index is 12.5. The highest BCUT2D eigenvalue weighted by atomic mass is 79.9. The normalized spacial score (nSPS) is 15.0. The van der Waals surface area contributed by atoms with E-state index in [-0.39, 0.29) is 23.4 Å². The van der Waals surface area contributed by atoms with Crippen LogP contribution in [0.1, 0.15) is 19.4 Å². The predicted molar refractivity (Wildman–Crippen MR) is 112 cm³/mol. The molecular formula is C19H20BrNO8S. The molecule has 0 aromatic heterocycles. The molecule has 0 aliphatic carbocycles. The van der Waals surface area contributed by atoms with Gasteiger partial charge in [0.05, 0.1) is 29.7 Å². The van der Waals surface area contributed by atoms with E-state index in [0.29, 0.717) is 15.8 Å². The Kier molecular flexibility index (Phi) is 8.30. The van der Waals surface area contributed by atoms with Crippen LogP contribution < -0.4 is 9.47 Å². The number of benzene rings is 1. The molecule has 9 nitrogen and oxygen atoms in total. The second-order valence-corrected chi connectivity index (χ2v) is 8.05. The van der Waals surface area contributed by atoms with Gasteiger partial charge < -0.3 is 18.9 Å². The highest BCUT2D eigenvalue weighted by Gasteiger charge is 2.36. The third-order valence-electron chi connectivity index (χ3n) is 3.64. The zero-order valence-electron chi connectivity index (χ0n) is 16.7. The summed E-state index contributed by atoms with van der Waals surface area (Å²) in [5, 5.41) is -0.559. The first-order chi connectivity index (χ1) is 14.2. The van der Waals surface area contributed by atoms with Crippen LogP contribution >= 0.6 is 27.7 Å². The molecule has 2 amide bonds. The van der Waals surface area contributed by atoms with E-state index in [1.807, 2.05) is 0 Å². The number of halogens is 1. The highest BCUT2D eigenvalue weighted by Crippen LogP contribution is 2.39. The van der Waals surface area contributed by atoms with Gasteiger partial charge in [0.15, 0.2) is 18.1 Å². The van der Waals surface area contributed by atoms with E-state index in [4.69, 9.17) is 14.2 Å². The second-order valence-electron chi connectivity index (χ2n) is 6.21. The van der Waals surface area contributed by atoms with Crippen LogP contribution in [0.15, 0.2) is 21.5 Å². The monoisotopic (exact) mass is 501 g/mol. The van der Waals surface area contributed by atoms with E-state index in [2.05, 4.69) is 20.7 Å². The van der Waals surface area contributed by atoms with E-state index in [0.717, 1.165) is 16.7 Å². The quantitative estimate of drug-likeness (QED) is 0.392. The Bertz CT molecular complexity index is 899. The van der Waals surface area contributed by atoms with Crippen molar-refractivity contribution >= 4 is 56.9 Å². The molecule has 0 atom stereocenters. The molecule has 30 heavy (non-hydrogen) atoms. The van der Waals surface area contributed by atoms with Crippen LogP contribution in [0.25, 0.3) is 6.08 Å². The van der Waals surface area contributed by atoms with Crippen molar-refractivity contribution in [3.05, 3.63) is 27.1 Å². The first-order valence-corrected chi connectivity index (χ1v) is 10.3. The summed E-state index contributed by atoms with van der Waals surface area (Å²) in [6, 6.07) is 3.22. The van der Waals surface area contributed by atoms with Crippen molar-refractivity contribution in [3.8, 4) is 11.5 Å². The Morgan fingerprint density at radius 3 is 2.50 bits per heavy atom. The van der Waals surface area contributed by atoms with Gasteiger partial charge in [0, 0.05) is 0 Å². The zero-order chi connectivity index (χ0) is 22.4. The number of carbonyl (C=O) groups is 4. The molecule has 0 saturated carbocycles. The minimum Gasteiger partial charge on any atom is -0.493 e. The molecule has 1 aliphatic heterocycles. The first kappa shape index (κ1) is 23.7. The average Bonchev–Trinajstić information content (AvgIpc) is 2.93. The SMILES string of the molecule is COC(=O)COc1c(Br)cc(/C=C2/SC(=O)N(CC(=O)OC(C)C)C2=O)cc1OC. The van der Waals surface area contributed by atoms with Crippen molar-refractivity contribution in [3.63, 3.8) is 0 Å². The van der Waals surface area contributed by atoms with Crippen molar-refractivity contribution in [1.82, 2.24) is 4.90 Å². The molecule has 1 aromatic rings. The largest absolute Gasteiger partial charge is 0.493 e. The molecule has 0 N–H and O–H groups in total. The molecule has 11 heteroatoms. The van der Waals surface area contributed by atoms with Crippen LogP contribution in [0, 0.1) is 0 Å². The van der Waals surface area contributed by atoms with Crippen LogP contribution in [0.3, 0.4) is 0 Å². The van der Waals surface area contributed by atoms with Gasteiger partial charge in [-0.1, -0.05) is 0 Å². The number of ether oxygens (including phenoxy) is 4. The molecule has 1 fully saturated rings. The van der Waals surface area contributed by atoms with Crippen molar-refractivity contribution in [2.75, 3.05) is 27.4 Å². The third kappa shape index (κ3) is 5.99. The number of thioether (sulfide) groups is 1. The summed E-state index contributed by atoms with van der Waals surface area (Å²) >= 11 is 4.06. The summed E-state index contributed by atoms with van der Waals surface area (Å²) in [6.07, 6.45) is 1.15. The fourth-order valence-electron chi connectivity index (χ4n) is 2.37. The lowest BCUT2D eigenvalue weighted by Gasteiger charge is -2.13. The standard InChI is InChI=1S/C19H20BrNO8S/c1-10(2)29-15(22)8-21-18(24)14(30-19(21)25)7-11-5-12(20)17(13(6-11)26-3)28-9-16(23)27-4/h5-7,10H,8-9H2,1-4H3/b14-7+. The van der Waals surface area contributed by atoms with Crippen molar-refractivity contribution < 1.29 is 38.1 Å². The molecule has 0 radical (unpaired) electrons. The van der Waals surface area contributed by atoms with Crippen molar-refractivity contribution in [2.24, 2.45) is 0 Å². The summed E-state index contributed by atoms with van der Waals surface area (Å²) < 4.78 is 20.7. The number of carbonyl (C=O) groups excluding carboxylic acids is 4. The van der Waals surface area contributed by atoms with E-state index in [1.54, 1.807) is 26.0 Å². The molecule has 0 unspecified atom stereocenters. The number of hydrogen-bond acceptors (Lipinski definition) is 9. The van der Waals surface area contributed by atoms with Gasteiger partial charge >= 0.3 is 11.9 Å². The molecule has 1 aromatic carbocycles. The lowest BCUT2D eigenvalue weighted by atomic mass is 10.2. The van der Waals surface area contributed by atoms with Gasteiger partial charge in [0.1, 0.15) is 6.54 Å². The fraction of sp³-hybridized carbons (Fsp3) is 0.368. The summed E-state index contributed by atoms with van der Waals surface area (Å²) in [7, 11) is 2.67. The van der Waals surface area contributed by atoms with Crippen LogP contribution in [0.2, 0.25) is 0 Å². The van der Waals surface area contributed by atoms with Crippen molar-refractivity contribution in [2.45, 2.75) is 20.0 Å². The number of nitrogens with zero attached hydrogens (tertiary/aromatic N) is 1. The maximum Gasteiger partial charge on any atom is 0.343 e. The molecule has 0 spiro atoms. The van der Waals surface area contributed by atoms with Crippen LogP contribution in [-0.4, -0.2) is 61.5 Å². The van der Waals surface area contributed by atoms with Crippen LogP contribution in [0.4, 0.5) is 4.79 Å². The fourth-order valence-corrected chi connectivity index (χ4v) is 3.78. The molecule has 1 saturated heterocycles. The average molecular weight is 502 g/mol. The molecule has 1 aliphatic rings. The lowest BCUT2D eigenvalue weighted by Crippen LogP contribution is -2.35. The number of imide groups is 1. The third-order valence-corrected chi connectivity index (χ3v) is 5.14. The Morgan fingerprint density at radius 1 is 1.20 bits per heavy atom. The molecule has 0 bridgehead atoms. The predicted octanol–water partition coefficient (Wildman–Crippen LogP) is 3.00. The summed E-state index contributed by atoms with van der Waals surface area (Å²) in [4.78, 5) is 48.8. The summed E-state index contributed by atoms with van der Waals surface area (Å²) in [6.45, 7) is 2.59. The van der Waals surface area contributed by atoms with Crippen molar-refractivity contribution in [1.29, 1.82) is 0 Å². The van der Waals surface area contributed by atoms with Gasteiger partial charge in [-0.2, -0.15) is 0 Å². The number of rotatable bonds is 8. The number of amides is 2. The number of methoxy groups -OCH3 is 2. The number of esters is 2. The zero-order valence-corrected chi connectivity index (χ0v) is 19.1. The summed E-state index contributed by atoms with van der Waals surface area (Å²) in [5.74, 6) is -1.22. The molecule has 1 heterocycles. The Labute approximate surface area is 185 Å². The number of hydrogen-bond donors (Lipinski definition) is 0. The molecule has 2 rings (SSSR count). The Morgan fingerprint density at radius 2 is 1.90 bits per heavy atom. The van der Waals surface area contributed by atoms with E-state index >= 15 is 0 Å². The lowest BCUT2D eigenvalue weighted by molar-refractivity contribution is -0.149. The van der Waals surface area contributed by atoms with Gasteiger partial charge in [-0.15, -0.1) is 0 Å². The van der Waals surface area contributed by atoms with Gasteiger partial charge in [-0.3, -0.25) is 19.3 Å². The van der Waals surface area contributed by atoms with Crippen LogP contribution in [0.5, 0.6) is 11.5 Å². The van der Waals surface area contributed by atoms with E-state index < -0.39 is 29.6 Å². The van der Waals surface area contributed by atoms with Crippen LogP contribution in [-0.2, 0) is 23.9 Å². The van der Waals surface area contributed by atoms with Gasteiger partial charge in [-0.25, -0.2) is 4.79 Å². The Balaban J connectivity index is 2.22. The smallest absolute Gasteiger partial charge is 0.343 e. The van der Waals surface area contributed by atoms with E-state index in [9.17, 15) is 19.2 Å². The molecule has 162 valence electrons.